The van der Waals surface area contributed by atoms with Crippen molar-refractivity contribution in [1.29, 1.82) is 0 Å². The Morgan fingerprint density at radius 3 is 3.00 bits per heavy atom. The Kier molecular flexibility index (Phi) is 3.80. The lowest BCUT2D eigenvalue weighted by Gasteiger charge is -2.26. The van der Waals surface area contributed by atoms with Gasteiger partial charge < -0.3 is 15.5 Å². The number of hydrogen-bond donors (Lipinski definition) is 3. The number of anilines is 1. The third-order valence-electron chi connectivity index (χ3n) is 4.60. The summed E-state index contributed by atoms with van der Waals surface area (Å²) in [5.41, 5.74) is 10.0. The molecule has 4 N–H and O–H groups in total. The van der Waals surface area contributed by atoms with Gasteiger partial charge in [0.25, 0.3) is 5.91 Å². The summed E-state index contributed by atoms with van der Waals surface area (Å²) >= 11 is 0. The average Bonchev–Trinajstić information content (AvgIpc) is 3.23. The van der Waals surface area contributed by atoms with Crippen molar-refractivity contribution in [2.24, 2.45) is 0 Å². The van der Waals surface area contributed by atoms with E-state index in [4.69, 9.17) is 10.2 Å². The number of hydrogen-bond acceptors (Lipinski definition) is 4. The number of H-pyrrole nitrogens is 1. The standard InChI is InChI=1S/C19H20N4O2/c1-11-5-8-18(25-11)16-10-17(23-22-16)19(24)21-15-4-2-3-12-9-13(20)6-7-14(12)15/h5-10,15H,2-4,20H2,1H3,(H,21,24)(H,22,23). The van der Waals surface area contributed by atoms with E-state index in [-0.39, 0.29) is 11.9 Å². The molecule has 1 aliphatic carbocycles. The van der Waals surface area contributed by atoms with E-state index in [2.05, 4.69) is 15.5 Å². The summed E-state index contributed by atoms with van der Waals surface area (Å²) in [6, 6.07) is 11.3. The topological polar surface area (TPSA) is 96.9 Å². The molecule has 1 aromatic carbocycles. The fraction of sp³-hybridized carbons (Fsp3) is 0.263. The van der Waals surface area contributed by atoms with E-state index in [0.29, 0.717) is 17.1 Å². The van der Waals surface area contributed by atoms with Crippen LogP contribution in [0.25, 0.3) is 11.5 Å². The van der Waals surface area contributed by atoms with Gasteiger partial charge in [-0.25, -0.2) is 0 Å². The molecule has 0 bridgehead atoms. The Bertz CT molecular complexity index is 925. The Labute approximate surface area is 145 Å². The average molecular weight is 336 g/mol. The number of aromatic nitrogens is 2. The van der Waals surface area contributed by atoms with E-state index in [1.807, 2.05) is 37.3 Å². The molecule has 0 radical (unpaired) electrons. The quantitative estimate of drug-likeness (QED) is 0.639. The van der Waals surface area contributed by atoms with Crippen LogP contribution in [0.5, 0.6) is 0 Å². The molecule has 0 spiro atoms. The number of nitrogens with zero attached hydrogens (tertiary/aromatic N) is 1. The van der Waals surface area contributed by atoms with Crippen molar-refractivity contribution in [3.8, 4) is 11.5 Å². The van der Waals surface area contributed by atoms with Crippen molar-refractivity contribution in [3.05, 3.63) is 59.0 Å². The minimum Gasteiger partial charge on any atom is -0.460 e. The van der Waals surface area contributed by atoms with Gasteiger partial charge in [0.1, 0.15) is 11.5 Å². The van der Waals surface area contributed by atoms with Gasteiger partial charge in [0.2, 0.25) is 0 Å². The number of carbonyl (C=O) groups excluding carboxylic acids is 1. The van der Waals surface area contributed by atoms with Gasteiger partial charge in [0, 0.05) is 11.8 Å². The highest BCUT2D eigenvalue weighted by molar-refractivity contribution is 5.93. The van der Waals surface area contributed by atoms with Crippen LogP contribution in [0.2, 0.25) is 0 Å². The van der Waals surface area contributed by atoms with Gasteiger partial charge in [-0.2, -0.15) is 5.10 Å². The number of amides is 1. The molecule has 1 unspecified atom stereocenters. The molecule has 0 aliphatic heterocycles. The summed E-state index contributed by atoms with van der Waals surface area (Å²) in [6.45, 7) is 1.88. The van der Waals surface area contributed by atoms with Crippen LogP contribution in [0.15, 0.2) is 40.8 Å². The van der Waals surface area contributed by atoms with E-state index in [9.17, 15) is 4.79 Å². The summed E-state index contributed by atoms with van der Waals surface area (Å²) in [7, 11) is 0. The summed E-state index contributed by atoms with van der Waals surface area (Å²) in [6.07, 6.45) is 2.94. The molecule has 0 saturated heterocycles. The first-order valence-corrected chi connectivity index (χ1v) is 8.41. The molecule has 1 amide bonds. The van der Waals surface area contributed by atoms with Crippen molar-refractivity contribution >= 4 is 11.6 Å². The third kappa shape index (κ3) is 3.03. The smallest absolute Gasteiger partial charge is 0.272 e. The van der Waals surface area contributed by atoms with Crippen molar-refractivity contribution in [2.45, 2.75) is 32.2 Å². The van der Waals surface area contributed by atoms with Gasteiger partial charge in [-0.15, -0.1) is 0 Å². The van der Waals surface area contributed by atoms with Crippen LogP contribution in [0.3, 0.4) is 0 Å². The largest absolute Gasteiger partial charge is 0.460 e. The molecule has 25 heavy (non-hydrogen) atoms. The number of rotatable bonds is 3. The van der Waals surface area contributed by atoms with E-state index in [1.54, 1.807) is 6.07 Å². The molecule has 2 heterocycles. The van der Waals surface area contributed by atoms with E-state index in [0.717, 1.165) is 36.3 Å². The first kappa shape index (κ1) is 15.5. The number of aromatic amines is 1. The number of furan rings is 1. The van der Waals surface area contributed by atoms with E-state index >= 15 is 0 Å². The number of nitrogen functional groups attached to an aromatic ring is 1. The van der Waals surface area contributed by atoms with Crippen LogP contribution < -0.4 is 11.1 Å². The maximum atomic E-state index is 12.6. The molecule has 0 saturated carbocycles. The lowest BCUT2D eigenvalue weighted by Crippen LogP contribution is -2.31. The Morgan fingerprint density at radius 2 is 2.20 bits per heavy atom. The number of nitrogens with two attached hydrogens (primary N) is 1. The van der Waals surface area contributed by atoms with Gasteiger partial charge in [-0.05, 0) is 61.6 Å². The lowest BCUT2D eigenvalue weighted by atomic mass is 9.87. The van der Waals surface area contributed by atoms with Crippen LogP contribution >= 0.6 is 0 Å². The van der Waals surface area contributed by atoms with Gasteiger partial charge in [0.15, 0.2) is 11.5 Å². The highest BCUT2D eigenvalue weighted by atomic mass is 16.3. The predicted octanol–water partition coefficient (Wildman–Crippen LogP) is 3.37. The molecule has 2 aromatic heterocycles. The van der Waals surface area contributed by atoms with Crippen LogP contribution in [-0.2, 0) is 6.42 Å². The lowest BCUT2D eigenvalue weighted by molar-refractivity contribution is 0.0927. The van der Waals surface area contributed by atoms with Crippen molar-refractivity contribution in [1.82, 2.24) is 15.5 Å². The first-order chi connectivity index (χ1) is 12.1. The Balaban J connectivity index is 1.53. The van der Waals surface area contributed by atoms with Crippen molar-refractivity contribution in [2.75, 3.05) is 5.73 Å². The molecule has 1 aliphatic rings. The Morgan fingerprint density at radius 1 is 1.32 bits per heavy atom. The van der Waals surface area contributed by atoms with Crippen LogP contribution in [0.4, 0.5) is 5.69 Å². The SMILES string of the molecule is Cc1ccc(-c2cc(C(=O)NC3CCCc4cc(N)ccc43)n[nH]2)o1. The zero-order chi connectivity index (χ0) is 17.4. The maximum absolute atomic E-state index is 12.6. The van der Waals surface area contributed by atoms with Crippen LogP contribution in [-0.4, -0.2) is 16.1 Å². The van der Waals surface area contributed by atoms with Gasteiger partial charge >= 0.3 is 0 Å². The minimum absolute atomic E-state index is 0.0112. The van der Waals surface area contributed by atoms with E-state index < -0.39 is 0 Å². The highest BCUT2D eigenvalue weighted by Crippen LogP contribution is 2.31. The molecule has 3 aromatic rings. The number of carbonyl (C=O) groups is 1. The third-order valence-corrected chi connectivity index (χ3v) is 4.60. The molecule has 6 nitrogen and oxygen atoms in total. The predicted molar refractivity (Wildman–Crippen MR) is 95.0 cm³/mol. The molecular weight excluding hydrogens is 316 g/mol. The molecule has 4 rings (SSSR count). The molecule has 128 valence electrons. The van der Waals surface area contributed by atoms with Gasteiger partial charge in [0.05, 0.1) is 6.04 Å². The minimum atomic E-state index is -0.194. The zero-order valence-electron chi connectivity index (χ0n) is 14.0. The highest BCUT2D eigenvalue weighted by Gasteiger charge is 2.23. The normalized spacial score (nSPS) is 16.4. The van der Waals surface area contributed by atoms with Crippen molar-refractivity contribution < 1.29 is 9.21 Å². The van der Waals surface area contributed by atoms with Crippen LogP contribution in [0.1, 0.15) is 46.3 Å². The fourth-order valence-electron chi connectivity index (χ4n) is 3.36. The number of nitrogens with one attached hydrogen (secondary N) is 2. The van der Waals surface area contributed by atoms with E-state index in [1.165, 1.54) is 5.56 Å². The Hall–Kier alpha value is -3.02. The molecule has 6 heteroatoms. The first-order valence-electron chi connectivity index (χ1n) is 8.41. The number of fused-ring (bicyclic) bond motifs is 1. The summed E-state index contributed by atoms with van der Waals surface area (Å²) in [5, 5.41) is 10.1. The van der Waals surface area contributed by atoms with Crippen molar-refractivity contribution in [3.63, 3.8) is 0 Å². The zero-order valence-corrected chi connectivity index (χ0v) is 14.0. The molecular formula is C19H20N4O2. The molecule has 1 atom stereocenters. The van der Waals surface area contributed by atoms with Gasteiger partial charge in [-0.3, -0.25) is 9.89 Å². The second-order valence-electron chi connectivity index (χ2n) is 6.45. The van der Waals surface area contributed by atoms with Crippen LogP contribution in [0, 0.1) is 6.92 Å². The summed E-state index contributed by atoms with van der Waals surface area (Å²) in [5.74, 6) is 1.29. The summed E-state index contributed by atoms with van der Waals surface area (Å²) in [4.78, 5) is 12.6. The second kappa shape index (κ2) is 6.12. The maximum Gasteiger partial charge on any atom is 0.272 e. The number of benzene rings is 1. The summed E-state index contributed by atoms with van der Waals surface area (Å²) < 4.78 is 5.56. The van der Waals surface area contributed by atoms with Gasteiger partial charge in [-0.1, -0.05) is 6.07 Å². The monoisotopic (exact) mass is 336 g/mol. The number of aryl methyl sites for hydroxylation is 2. The fourth-order valence-corrected chi connectivity index (χ4v) is 3.36. The molecule has 0 fully saturated rings. The second-order valence-corrected chi connectivity index (χ2v) is 6.45.